The molecule has 4 rings (SSSR count). The summed E-state index contributed by atoms with van der Waals surface area (Å²) in [7, 11) is 0. The third-order valence-electron chi connectivity index (χ3n) is 5.26. The summed E-state index contributed by atoms with van der Waals surface area (Å²) in [6.45, 7) is 5.79. The van der Waals surface area contributed by atoms with E-state index in [1.165, 1.54) is 22.9 Å². The fourth-order valence-electron chi connectivity index (χ4n) is 3.45. The first-order valence-corrected chi connectivity index (χ1v) is 9.42. The molecule has 2 aromatic carbocycles. The van der Waals surface area contributed by atoms with Crippen LogP contribution >= 0.6 is 0 Å². The second-order valence-electron chi connectivity index (χ2n) is 7.12. The van der Waals surface area contributed by atoms with Crippen LogP contribution in [0.25, 0.3) is 5.69 Å². The van der Waals surface area contributed by atoms with E-state index in [4.69, 9.17) is 0 Å². The Balaban J connectivity index is 1.47. The average Bonchev–Trinajstić information content (AvgIpc) is 3.11. The Hall–Kier alpha value is -3.29. The van der Waals surface area contributed by atoms with Crippen molar-refractivity contribution in [1.82, 2.24) is 19.9 Å². The van der Waals surface area contributed by atoms with Gasteiger partial charge in [-0.2, -0.15) is 0 Å². The molecule has 0 atom stereocenters. The van der Waals surface area contributed by atoms with Gasteiger partial charge in [0.1, 0.15) is 11.6 Å². The lowest BCUT2D eigenvalue weighted by molar-refractivity contribution is 0.0740. The molecular formula is C21H21F2N5O. The average molecular weight is 397 g/mol. The Morgan fingerprint density at radius 3 is 2.24 bits per heavy atom. The van der Waals surface area contributed by atoms with Crippen LogP contribution in [0.3, 0.4) is 0 Å². The zero-order valence-corrected chi connectivity index (χ0v) is 16.3. The predicted octanol–water partition coefficient (Wildman–Crippen LogP) is 3.12. The molecule has 6 nitrogen and oxygen atoms in total. The SMILES string of the molecule is Cc1ccc(-n2nnc(C(=O)N3CCN(c4ccc(F)cc4)CC3)c2C)cc1F. The molecule has 1 fully saturated rings. The number of aromatic nitrogens is 3. The van der Waals surface area contributed by atoms with E-state index in [1.807, 2.05) is 0 Å². The number of rotatable bonds is 3. The minimum Gasteiger partial charge on any atom is -0.368 e. The van der Waals surface area contributed by atoms with Crippen molar-refractivity contribution in [2.75, 3.05) is 31.1 Å². The van der Waals surface area contributed by atoms with Crippen molar-refractivity contribution in [3.63, 3.8) is 0 Å². The number of nitrogens with zero attached hydrogens (tertiary/aromatic N) is 5. The maximum atomic E-state index is 13.9. The van der Waals surface area contributed by atoms with Crippen molar-refractivity contribution in [2.45, 2.75) is 13.8 Å². The molecule has 1 amide bonds. The van der Waals surface area contributed by atoms with Gasteiger partial charge in [-0.05, 0) is 55.8 Å². The quantitative estimate of drug-likeness (QED) is 0.682. The van der Waals surface area contributed by atoms with Gasteiger partial charge in [0.25, 0.3) is 5.91 Å². The van der Waals surface area contributed by atoms with E-state index in [2.05, 4.69) is 15.2 Å². The van der Waals surface area contributed by atoms with E-state index in [1.54, 1.807) is 43.0 Å². The highest BCUT2D eigenvalue weighted by atomic mass is 19.1. The number of aryl methyl sites for hydroxylation is 1. The third-order valence-corrected chi connectivity index (χ3v) is 5.26. The molecule has 0 bridgehead atoms. The topological polar surface area (TPSA) is 54.3 Å². The molecule has 150 valence electrons. The third kappa shape index (κ3) is 3.70. The minimum absolute atomic E-state index is 0.194. The lowest BCUT2D eigenvalue weighted by Crippen LogP contribution is -2.49. The van der Waals surface area contributed by atoms with Crippen LogP contribution in [-0.2, 0) is 0 Å². The van der Waals surface area contributed by atoms with Gasteiger partial charge in [-0.15, -0.1) is 5.10 Å². The summed E-state index contributed by atoms with van der Waals surface area (Å²) in [5.41, 5.74) is 2.84. The van der Waals surface area contributed by atoms with Gasteiger partial charge in [0.05, 0.1) is 11.4 Å². The van der Waals surface area contributed by atoms with E-state index >= 15 is 0 Å². The van der Waals surface area contributed by atoms with Crippen molar-refractivity contribution in [3.8, 4) is 5.69 Å². The highest BCUT2D eigenvalue weighted by molar-refractivity contribution is 5.93. The maximum Gasteiger partial charge on any atom is 0.276 e. The van der Waals surface area contributed by atoms with Gasteiger partial charge in [0.15, 0.2) is 5.69 Å². The molecule has 3 aromatic rings. The molecule has 0 radical (unpaired) electrons. The Morgan fingerprint density at radius 1 is 0.931 bits per heavy atom. The molecule has 1 aliphatic heterocycles. The predicted molar refractivity (Wildman–Crippen MR) is 105 cm³/mol. The summed E-state index contributed by atoms with van der Waals surface area (Å²) in [6, 6.07) is 11.1. The Bertz CT molecular complexity index is 1040. The zero-order chi connectivity index (χ0) is 20.5. The molecule has 2 heterocycles. The molecule has 29 heavy (non-hydrogen) atoms. The van der Waals surface area contributed by atoms with Crippen LogP contribution in [0.2, 0.25) is 0 Å². The first-order valence-electron chi connectivity index (χ1n) is 9.42. The number of hydrogen-bond donors (Lipinski definition) is 0. The molecule has 1 aliphatic rings. The summed E-state index contributed by atoms with van der Waals surface area (Å²) in [5, 5.41) is 8.10. The minimum atomic E-state index is -0.331. The molecule has 0 saturated carbocycles. The second kappa shape index (κ2) is 7.62. The van der Waals surface area contributed by atoms with E-state index in [9.17, 15) is 13.6 Å². The van der Waals surface area contributed by atoms with Crippen LogP contribution in [0.15, 0.2) is 42.5 Å². The van der Waals surface area contributed by atoms with Gasteiger partial charge in [0, 0.05) is 31.9 Å². The van der Waals surface area contributed by atoms with Gasteiger partial charge < -0.3 is 9.80 Å². The fraction of sp³-hybridized carbons (Fsp3) is 0.286. The van der Waals surface area contributed by atoms with Crippen LogP contribution in [0.4, 0.5) is 14.5 Å². The van der Waals surface area contributed by atoms with Crippen LogP contribution in [-0.4, -0.2) is 52.0 Å². The molecule has 0 unspecified atom stereocenters. The molecular weight excluding hydrogens is 376 g/mol. The Kier molecular flexibility index (Phi) is 5.00. The van der Waals surface area contributed by atoms with Crippen molar-refractivity contribution in [2.24, 2.45) is 0 Å². The standard InChI is InChI=1S/C21H21F2N5O/c1-14-3-6-18(13-19(14)23)28-15(2)20(24-25-28)21(29)27-11-9-26(10-12-27)17-7-4-16(22)5-8-17/h3-8,13H,9-12H2,1-2H3. The highest BCUT2D eigenvalue weighted by Crippen LogP contribution is 2.20. The largest absolute Gasteiger partial charge is 0.368 e. The second-order valence-corrected chi connectivity index (χ2v) is 7.12. The van der Waals surface area contributed by atoms with Crippen molar-refractivity contribution in [3.05, 3.63) is 71.1 Å². The van der Waals surface area contributed by atoms with Crippen LogP contribution in [0.5, 0.6) is 0 Å². The maximum absolute atomic E-state index is 13.9. The van der Waals surface area contributed by atoms with Crippen molar-refractivity contribution in [1.29, 1.82) is 0 Å². The number of amides is 1. The number of carbonyl (C=O) groups excluding carboxylic acids is 1. The summed E-state index contributed by atoms with van der Waals surface area (Å²) < 4.78 is 28.5. The number of anilines is 1. The van der Waals surface area contributed by atoms with Gasteiger partial charge >= 0.3 is 0 Å². The number of piperazine rings is 1. The van der Waals surface area contributed by atoms with E-state index in [-0.39, 0.29) is 23.2 Å². The van der Waals surface area contributed by atoms with Gasteiger partial charge in [-0.1, -0.05) is 11.3 Å². The fourth-order valence-corrected chi connectivity index (χ4v) is 3.45. The first-order chi connectivity index (χ1) is 13.9. The van der Waals surface area contributed by atoms with E-state index in [0.29, 0.717) is 43.1 Å². The lowest BCUT2D eigenvalue weighted by atomic mass is 10.2. The molecule has 1 saturated heterocycles. The summed E-state index contributed by atoms with van der Waals surface area (Å²) in [6.07, 6.45) is 0. The van der Waals surface area contributed by atoms with Gasteiger partial charge in [-0.3, -0.25) is 4.79 Å². The number of hydrogen-bond acceptors (Lipinski definition) is 4. The summed E-state index contributed by atoms with van der Waals surface area (Å²) in [5.74, 6) is -0.795. The molecule has 0 spiro atoms. The van der Waals surface area contributed by atoms with Gasteiger partial charge in [0.2, 0.25) is 0 Å². The van der Waals surface area contributed by atoms with E-state index < -0.39 is 0 Å². The molecule has 0 aliphatic carbocycles. The Morgan fingerprint density at radius 2 is 1.59 bits per heavy atom. The van der Waals surface area contributed by atoms with Crippen molar-refractivity contribution < 1.29 is 13.6 Å². The number of carbonyl (C=O) groups is 1. The first kappa shape index (κ1) is 19.0. The lowest BCUT2D eigenvalue weighted by Gasteiger charge is -2.35. The summed E-state index contributed by atoms with van der Waals surface area (Å²) >= 11 is 0. The van der Waals surface area contributed by atoms with Crippen LogP contribution < -0.4 is 4.90 Å². The molecule has 8 heteroatoms. The summed E-state index contributed by atoms with van der Waals surface area (Å²) in [4.78, 5) is 16.8. The van der Waals surface area contributed by atoms with E-state index in [0.717, 1.165) is 5.69 Å². The van der Waals surface area contributed by atoms with Crippen LogP contribution in [0, 0.1) is 25.5 Å². The molecule has 1 aromatic heterocycles. The monoisotopic (exact) mass is 397 g/mol. The zero-order valence-electron chi connectivity index (χ0n) is 16.3. The van der Waals surface area contributed by atoms with Crippen LogP contribution in [0.1, 0.15) is 21.7 Å². The Labute approximate surface area is 167 Å². The molecule has 0 N–H and O–H groups in total. The normalized spacial score (nSPS) is 14.3. The number of benzene rings is 2. The van der Waals surface area contributed by atoms with Gasteiger partial charge in [-0.25, -0.2) is 13.5 Å². The smallest absolute Gasteiger partial charge is 0.276 e. The van der Waals surface area contributed by atoms with Crippen molar-refractivity contribution >= 4 is 11.6 Å². The number of halogens is 2. The highest BCUT2D eigenvalue weighted by Gasteiger charge is 2.26.